The molecule has 0 amide bonds. The van der Waals surface area contributed by atoms with Crippen LogP contribution >= 0.6 is 0 Å². The average molecular weight is 325 g/mol. The Hall–Kier alpha value is -2.17. The van der Waals surface area contributed by atoms with E-state index < -0.39 is 5.97 Å². The van der Waals surface area contributed by atoms with Crippen LogP contribution < -0.4 is 5.32 Å². The molecule has 0 spiro atoms. The first-order valence-corrected chi connectivity index (χ1v) is 8.36. The van der Waals surface area contributed by atoms with Crippen molar-refractivity contribution >= 4 is 5.97 Å². The van der Waals surface area contributed by atoms with Crippen LogP contribution in [0, 0.1) is 5.41 Å². The summed E-state index contributed by atoms with van der Waals surface area (Å²) in [7, 11) is 0. The Kier molecular flexibility index (Phi) is 4.97. The van der Waals surface area contributed by atoms with E-state index in [1.807, 2.05) is 24.3 Å². The molecule has 1 aliphatic carbocycles. The highest BCUT2D eigenvalue weighted by Crippen LogP contribution is 2.49. The van der Waals surface area contributed by atoms with Crippen LogP contribution in [0.5, 0.6) is 0 Å². The molecule has 3 N–H and O–H groups in total. The van der Waals surface area contributed by atoms with Gasteiger partial charge in [0.25, 0.3) is 0 Å². The molecule has 3 rings (SSSR count). The standard InChI is InChI=1S/C20H23NO3/c22-14-20(10-5-11-20)18(16-7-2-1-3-8-16)21-13-15-6-4-9-17(12-15)19(23)24/h1-4,6-9,12,18,21-22H,5,10-11,13-14H2,(H,23,24). The second-order valence-electron chi connectivity index (χ2n) is 6.60. The maximum Gasteiger partial charge on any atom is 0.335 e. The van der Waals surface area contributed by atoms with Crippen molar-refractivity contribution in [1.82, 2.24) is 5.32 Å². The van der Waals surface area contributed by atoms with Crippen molar-refractivity contribution in [3.8, 4) is 0 Å². The Morgan fingerprint density at radius 1 is 1.12 bits per heavy atom. The second kappa shape index (κ2) is 7.16. The van der Waals surface area contributed by atoms with Crippen molar-refractivity contribution in [2.24, 2.45) is 5.41 Å². The lowest BCUT2D eigenvalue weighted by molar-refractivity contribution is 0.00459. The monoisotopic (exact) mass is 325 g/mol. The zero-order valence-electron chi connectivity index (χ0n) is 13.6. The lowest BCUT2D eigenvalue weighted by Crippen LogP contribution is -2.45. The van der Waals surface area contributed by atoms with Crippen LogP contribution in [0.2, 0.25) is 0 Å². The van der Waals surface area contributed by atoms with Crippen LogP contribution in [0.4, 0.5) is 0 Å². The zero-order valence-corrected chi connectivity index (χ0v) is 13.6. The van der Waals surface area contributed by atoms with Crippen LogP contribution in [0.3, 0.4) is 0 Å². The summed E-state index contributed by atoms with van der Waals surface area (Å²) in [5.74, 6) is -0.915. The van der Waals surface area contributed by atoms with Crippen LogP contribution in [-0.4, -0.2) is 22.8 Å². The summed E-state index contributed by atoms with van der Waals surface area (Å²) < 4.78 is 0. The molecule has 0 bridgehead atoms. The molecule has 1 saturated carbocycles. The number of carboxylic acids is 1. The molecule has 0 radical (unpaired) electrons. The van der Waals surface area contributed by atoms with E-state index in [0.717, 1.165) is 24.8 Å². The normalized spacial score (nSPS) is 17.0. The fourth-order valence-electron chi connectivity index (χ4n) is 3.54. The van der Waals surface area contributed by atoms with Crippen LogP contribution in [0.25, 0.3) is 0 Å². The Morgan fingerprint density at radius 3 is 2.46 bits per heavy atom. The van der Waals surface area contributed by atoms with Crippen molar-refractivity contribution < 1.29 is 15.0 Å². The van der Waals surface area contributed by atoms with Gasteiger partial charge in [0.2, 0.25) is 0 Å². The summed E-state index contributed by atoms with van der Waals surface area (Å²) in [5.41, 5.74) is 2.28. The number of aliphatic hydroxyl groups excluding tert-OH is 1. The first kappa shape index (κ1) is 16.7. The summed E-state index contributed by atoms with van der Waals surface area (Å²) >= 11 is 0. The Morgan fingerprint density at radius 2 is 1.88 bits per heavy atom. The molecule has 0 aliphatic heterocycles. The predicted octanol–water partition coefficient (Wildman–Crippen LogP) is 3.38. The summed E-state index contributed by atoms with van der Waals surface area (Å²) in [6.07, 6.45) is 3.15. The average Bonchev–Trinajstić information content (AvgIpc) is 2.58. The van der Waals surface area contributed by atoms with Gasteiger partial charge in [0.05, 0.1) is 12.2 Å². The highest BCUT2D eigenvalue weighted by molar-refractivity contribution is 5.87. The van der Waals surface area contributed by atoms with Gasteiger partial charge in [0.15, 0.2) is 0 Å². The molecule has 2 aromatic rings. The van der Waals surface area contributed by atoms with E-state index in [2.05, 4.69) is 17.4 Å². The number of hydrogen-bond acceptors (Lipinski definition) is 3. The third-order valence-electron chi connectivity index (χ3n) is 5.09. The molecule has 1 atom stereocenters. The topological polar surface area (TPSA) is 69.6 Å². The van der Waals surface area contributed by atoms with Crippen molar-refractivity contribution in [2.75, 3.05) is 6.61 Å². The van der Waals surface area contributed by atoms with Gasteiger partial charge in [-0.3, -0.25) is 0 Å². The number of aromatic carboxylic acids is 1. The van der Waals surface area contributed by atoms with Gasteiger partial charge in [-0.1, -0.05) is 48.9 Å². The Bertz CT molecular complexity index is 690. The molecule has 0 saturated heterocycles. The number of aliphatic hydroxyl groups is 1. The Balaban J connectivity index is 1.80. The number of hydrogen-bond donors (Lipinski definition) is 3. The number of rotatable bonds is 7. The number of carboxylic acid groups (broad SMARTS) is 1. The highest BCUT2D eigenvalue weighted by Gasteiger charge is 2.44. The molecule has 4 nitrogen and oxygen atoms in total. The van der Waals surface area contributed by atoms with Crippen LogP contribution in [0.15, 0.2) is 54.6 Å². The molecule has 2 aromatic carbocycles. The summed E-state index contributed by atoms with van der Waals surface area (Å²) in [5, 5.41) is 22.6. The fraction of sp³-hybridized carbons (Fsp3) is 0.350. The molecule has 126 valence electrons. The lowest BCUT2D eigenvalue weighted by Gasteiger charge is -2.47. The first-order valence-electron chi connectivity index (χ1n) is 8.36. The van der Waals surface area contributed by atoms with Crippen LogP contribution in [0.1, 0.15) is 46.8 Å². The minimum absolute atomic E-state index is 0.0611. The maximum absolute atomic E-state index is 11.1. The van der Waals surface area contributed by atoms with Gasteiger partial charge in [-0.05, 0) is 36.1 Å². The third-order valence-corrected chi connectivity index (χ3v) is 5.09. The molecule has 1 unspecified atom stereocenters. The minimum atomic E-state index is -0.915. The molecule has 4 heteroatoms. The van der Waals surface area contributed by atoms with E-state index >= 15 is 0 Å². The minimum Gasteiger partial charge on any atom is -0.478 e. The molecular formula is C20H23NO3. The lowest BCUT2D eigenvalue weighted by atomic mass is 9.63. The van der Waals surface area contributed by atoms with Gasteiger partial charge in [-0.2, -0.15) is 0 Å². The summed E-state index contributed by atoms with van der Waals surface area (Å²) in [6, 6.07) is 17.2. The second-order valence-corrected chi connectivity index (χ2v) is 6.60. The van der Waals surface area contributed by atoms with Crippen molar-refractivity contribution in [2.45, 2.75) is 31.8 Å². The van der Waals surface area contributed by atoms with Gasteiger partial charge in [-0.25, -0.2) is 4.79 Å². The zero-order chi connectivity index (χ0) is 17.0. The van der Waals surface area contributed by atoms with E-state index in [4.69, 9.17) is 5.11 Å². The van der Waals surface area contributed by atoms with E-state index in [9.17, 15) is 9.90 Å². The molecular weight excluding hydrogens is 302 g/mol. The van der Waals surface area contributed by atoms with Gasteiger partial charge in [-0.15, -0.1) is 0 Å². The summed E-state index contributed by atoms with van der Waals surface area (Å²) in [6.45, 7) is 0.733. The fourth-order valence-corrected chi connectivity index (χ4v) is 3.54. The predicted molar refractivity (Wildman–Crippen MR) is 92.8 cm³/mol. The van der Waals surface area contributed by atoms with Crippen molar-refractivity contribution in [3.63, 3.8) is 0 Å². The highest BCUT2D eigenvalue weighted by atomic mass is 16.4. The summed E-state index contributed by atoms with van der Waals surface area (Å²) in [4.78, 5) is 11.1. The van der Waals surface area contributed by atoms with Gasteiger partial charge in [0, 0.05) is 18.0 Å². The van der Waals surface area contributed by atoms with E-state index in [1.165, 1.54) is 5.56 Å². The SMILES string of the molecule is O=C(O)c1cccc(CNC(c2ccccc2)C2(CO)CCC2)c1. The Labute approximate surface area is 142 Å². The van der Waals surface area contributed by atoms with E-state index in [-0.39, 0.29) is 18.1 Å². The third kappa shape index (κ3) is 3.35. The van der Waals surface area contributed by atoms with Crippen molar-refractivity contribution in [1.29, 1.82) is 0 Å². The molecule has 0 aromatic heterocycles. The number of benzene rings is 2. The number of nitrogens with one attached hydrogen (secondary N) is 1. The number of carbonyl (C=O) groups is 1. The van der Waals surface area contributed by atoms with Gasteiger partial charge in [0.1, 0.15) is 0 Å². The van der Waals surface area contributed by atoms with Crippen molar-refractivity contribution in [3.05, 3.63) is 71.3 Å². The molecule has 0 heterocycles. The molecule has 24 heavy (non-hydrogen) atoms. The van der Waals surface area contributed by atoms with E-state index in [0.29, 0.717) is 12.1 Å². The first-order chi connectivity index (χ1) is 11.6. The largest absolute Gasteiger partial charge is 0.478 e. The van der Waals surface area contributed by atoms with Gasteiger partial charge >= 0.3 is 5.97 Å². The smallest absolute Gasteiger partial charge is 0.335 e. The maximum atomic E-state index is 11.1. The quantitative estimate of drug-likeness (QED) is 0.730. The van der Waals surface area contributed by atoms with E-state index in [1.54, 1.807) is 18.2 Å². The van der Waals surface area contributed by atoms with Gasteiger partial charge < -0.3 is 15.5 Å². The molecule has 1 fully saturated rings. The molecule has 1 aliphatic rings. The van der Waals surface area contributed by atoms with Crippen LogP contribution in [-0.2, 0) is 6.54 Å².